The zero-order chi connectivity index (χ0) is 18.9. The van der Waals surface area contributed by atoms with E-state index >= 15 is 0 Å². The van der Waals surface area contributed by atoms with E-state index in [1.807, 2.05) is 0 Å². The van der Waals surface area contributed by atoms with E-state index in [-0.39, 0.29) is 13.0 Å². The Balaban J connectivity index is 1.92. The SMILES string of the molecule is COC(=O)[C@@H](Cc1ccc(F)cc1)NC(=O)CNC(=O)c1ccccc1. The second-order valence-corrected chi connectivity index (χ2v) is 5.52. The van der Waals surface area contributed by atoms with Crippen LogP contribution in [0.15, 0.2) is 54.6 Å². The van der Waals surface area contributed by atoms with Crippen LogP contribution < -0.4 is 10.6 Å². The summed E-state index contributed by atoms with van der Waals surface area (Å²) in [6, 6.07) is 13.1. The van der Waals surface area contributed by atoms with Crippen LogP contribution in [0.1, 0.15) is 15.9 Å². The first kappa shape index (κ1) is 19.1. The second kappa shape index (κ2) is 9.31. The monoisotopic (exact) mass is 358 g/mol. The van der Waals surface area contributed by atoms with Crippen LogP contribution in [0.2, 0.25) is 0 Å². The van der Waals surface area contributed by atoms with Crippen molar-refractivity contribution in [3.63, 3.8) is 0 Å². The highest BCUT2D eigenvalue weighted by Gasteiger charge is 2.22. The minimum Gasteiger partial charge on any atom is -0.467 e. The molecule has 0 unspecified atom stereocenters. The van der Waals surface area contributed by atoms with Gasteiger partial charge in [0.15, 0.2) is 0 Å². The molecule has 7 heteroatoms. The summed E-state index contributed by atoms with van der Waals surface area (Å²) in [6.07, 6.45) is 0.144. The summed E-state index contributed by atoms with van der Waals surface area (Å²) in [6.45, 7) is -0.287. The molecule has 136 valence electrons. The van der Waals surface area contributed by atoms with E-state index in [9.17, 15) is 18.8 Å². The molecular formula is C19H19FN2O4. The number of hydrogen-bond acceptors (Lipinski definition) is 4. The van der Waals surface area contributed by atoms with Crippen LogP contribution in [0.4, 0.5) is 4.39 Å². The maximum atomic E-state index is 13.0. The van der Waals surface area contributed by atoms with Gasteiger partial charge in [-0.2, -0.15) is 0 Å². The Labute approximate surface area is 150 Å². The van der Waals surface area contributed by atoms with Crippen molar-refractivity contribution in [3.05, 3.63) is 71.5 Å². The molecule has 26 heavy (non-hydrogen) atoms. The number of esters is 1. The topological polar surface area (TPSA) is 84.5 Å². The van der Waals surface area contributed by atoms with Gasteiger partial charge in [-0.3, -0.25) is 9.59 Å². The van der Waals surface area contributed by atoms with E-state index in [0.717, 1.165) is 0 Å². The number of rotatable bonds is 7. The van der Waals surface area contributed by atoms with Crippen LogP contribution in [-0.2, 0) is 20.7 Å². The molecule has 2 amide bonds. The van der Waals surface area contributed by atoms with Crippen molar-refractivity contribution in [1.82, 2.24) is 10.6 Å². The molecule has 6 nitrogen and oxygen atoms in total. The van der Waals surface area contributed by atoms with Crippen LogP contribution >= 0.6 is 0 Å². The molecule has 0 fully saturated rings. The Morgan fingerprint density at radius 2 is 1.69 bits per heavy atom. The average Bonchev–Trinajstić information content (AvgIpc) is 2.67. The van der Waals surface area contributed by atoms with Gasteiger partial charge in [-0.15, -0.1) is 0 Å². The van der Waals surface area contributed by atoms with Crippen molar-refractivity contribution >= 4 is 17.8 Å². The molecule has 2 aromatic carbocycles. The molecule has 0 saturated heterocycles. The number of benzene rings is 2. The molecule has 2 rings (SSSR count). The Bertz CT molecular complexity index is 763. The summed E-state index contributed by atoms with van der Waals surface area (Å²) in [5.41, 5.74) is 1.09. The molecule has 0 aliphatic rings. The van der Waals surface area contributed by atoms with Gasteiger partial charge in [0, 0.05) is 12.0 Å². The third kappa shape index (κ3) is 5.70. The molecule has 0 spiro atoms. The average molecular weight is 358 g/mol. The number of nitrogens with one attached hydrogen (secondary N) is 2. The Morgan fingerprint density at radius 1 is 1.04 bits per heavy atom. The molecule has 0 aromatic heterocycles. The maximum absolute atomic E-state index is 13.0. The lowest BCUT2D eigenvalue weighted by Crippen LogP contribution is -2.47. The fourth-order valence-electron chi connectivity index (χ4n) is 2.29. The quantitative estimate of drug-likeness (QED) is 0.734. The highest BCUT2D eigenvalue weighted by molar-refractivity contribution is 5.96. The highest BCUT2D eigenvalue weighted by atomic mass is 19.1. The van der Waals surface area contributed by atoms with Crippen molar-refractivity contribution < 1.29 is 23.5 Å². The predicted molar refractivity (Wildman–Crippen MR) is 92.8 cm³/mol. The fraction of sp³-hybridized carbons (Fsp3) is 0.211. The third-order valence-corrected chi connectivity index (χ3v) is 3.62. The number of halogens is 1. The fourth-order valence-corrected chi connectivity index (χ4v) is 2.29. The molecule has 0 aliphatic heterocycles. The lowest BCUT2D eigenvalue weighted by atomic mass is 10.1. The van der Waals surface area contributed by atoms with Crippen molar-refractivity contribution in [2.24, 2.45) is 0 Å². The lowest BCUT2D eigenvalue weighted by molar-refractivity contribution is -0.144. The summed E-state index contributed by atoms with van der Waals surface area (Å²) < 4.78 is 17.7. The summed E-state index contributed by atoms with van der Waals surface area (Å²) >= 11 is 0. The Morgan fingerprint density at radius 3 is 2.31 bits per heavy atom. The minimum atomic E-state index is -0.938. The second-order valence-electron chi connectivity index (χ2n) is 5.52. The van der Waals surface area contributed by atoms with E-state index in [2.05, 4.69) is 15.4 Å². The van der Waals surface area contributed by atoms with E-state index in [0.29, 0.717) is 11.1 Å². The van der Waals surface area contributed by atoms with Gasteiger partial charge in [-0.1, -0.05) is 30.3 Å². The molecular weight excluding hydrogens is 339 g/mol. The van der Waals surface area contributed by atoms with Crippen LogP contribution in [0.3, 0.4) is 0 Å². The van der Waals surface area contributed by atoms with Crippen LogP contribution in [0.25, 0.3) is 0 Å². The molecule has 0 radical (unpaired) electrons. The zero-order valence-electron chi connectivity index (χ0n) is 14.2. The van der Waals surface area contributed by atoms with Gasteiger partial charge in [0.1, 0.15) is 11.9 Å². The first-order valence-corrected chi connectivity index (χ1v) is 7.94. The first-order chi connectivity index (χ1) is 12.5. The number of amides is 2. The predicted octanol–water partition coefficient (Wildman–Crippen LogP) is 1.46. The van der Waals surface area contributed by atoms with Crippen molar-refractivity contribution in [3.8, 4) is 0 Å². The van der Waals surface area contributed by atoms with Gasteiger partial charge in [-0.05, 0) is 29.8 Å². The van der Waals surface area contributed by atoms with Crippen molar-refractivity contribution in [2.45, 2.75) is 12.5 Å². The summed E-state index contributed by atoms with van der Waals surface area (Å²) in [5, 5.41) is 5.00. The van der Waals surface area contributed by atoms with Gasteiger partial charge in [0.05, 0.1) is 13.7 Å². The molecule has 1 atom stereocenters. The number of carbonyl (C=O) groups is 3. The minimum absolute atomic E-state index is 0.144. The van der Waals surface area contributed by atoms with E-state index in [1.165, 1.54) is 31.4 Å². The summed E-state index contributed by atoms with van der Waals surface area (Å²) in [5.74, 6) is -1.95. The Hall–Kier alpha value is -3.22. The lowest BCUT2D eigenvalue weighted by Gasteiger charge is -2.17. The van der Waals surface area contributed by atoms with Crippen molar-refractivity contribution in [2.75, 3.05) is 13.7 Å². The van der Waals surface area contributed by atoms with Gasteiger partial charge in [0.25, 0.3) is 5.91 Å². The molecule has 2 N–H and O–H groups in total. The van der Waals surface area contributed by atoms with Crippen LogP contribution in [0, 0.1) is 5.82 Å². The van der Waals surface area contributed by atoms with E-state index in [1.54, 1.807) is 30.3 Å². The molecule has 0 heterocycles. The van der Waals surface area contributed by atoms with Gasteiger partial charge < -0.3 is 15.4 Å². The summed E-state index contributed by atoms with van der Waals surface area (Å²) in [7, 11) is 1.21. The molecule has 0 bridgehead atoms. The summed E-state index contributed by atoms with van der Waals surface area (Å²) in [4.78, 5) is 35.9. The normalized spacial score (nSPS) is 11.3. The van der Waals surface area contributed by atoms with Gasteiger partial charge in [-0.25, -0.2) is 9.18 Å². The third-order valence-electron chi connectivity index (χ3n) is 3.62. The standard InChI is InChI=1S/C19H19FN2O4/c1-26-19(25)16(11-13-7-9-15(20)10-8-13)22-17(23)12-21-18(24)14-5-3-2-4-6-14/h2-10,16H,11-12H2,1H3,(H,21,24)(H,22,23)/t16-/m1/s1. The number of carbonyl (C=O) groups excluding carboxylic acids is 3. The number of hydrogen-bond donors (Lipinski definition) is 2. The van der Waals surface area contributed by atoms with Crippen LogP contribution in [-0.4, -0.2) is 37.5 Å². The van der Waals surface area contributed by atoms with E-state index < -0.39 is 29.6 Å². The molecule has 0 saturated carbocycles. The largest absolute Gasteiger partial charge is 0.467 e. The van der Waals surface area contributed by atoms with Gasteiger partial charge >= 0.3 is 5.97 Å². The number of ether oxygens (including phenoxy) is 1. The highest BCUT2D eigenvalue weighted by Crippen LogP contribution is 2.07. The number of methoxy groups -OCH3 is 1. The zero-order valence-corrected chi connectivity index (χ0v) is 14.2. The molecule has 2 aromatic rings. The maximum Gasteiger partial charge on any atom is 0.328 e. The molecule has 0 aliphatic carbocycles. The van der Waals surface area contributed by atoms with Crippen molar-refractivity contribution in [1.29, 1.82) is 0 Å². The van der Waals surface area contributed by atoms with Crippen LogP contribution in [0.5, 0.6) is 0 Å². The smallest absolute Gasteiger partial charge is 0.328 e. The van der Waals surface area contributed by atoms with E-state index in [4.69, 9.17) is 0 Å². The Kier molecular flexibility index (Phi) is 6.84. The first-order valence-electron chi connectivity index (χ1n) is 7.94. The van der Waals surface area contributed by atoms with Gasteiger partial charge in [0.2, 0.25) is 5.91 Å².